The highest BCUT2D eigenvalue weighted by Gasteiger charge is 2.29. The highest BCUT2D eigenvalue weighted by molar-refractivity contribution is 5.80. The summed E-state index contributed by atoms with van der Waals surface area (Å²) < 4.78 is 4.34. The lowest BCUT2D eigenvalue weighted by Gasteiger charge is -2.36. The van der Waals surface area contributed by atoms with Crippen LogP contribution in [0.4, 0.5) is 0 Å². The molecule has 2 aromatic rings. The van der Waals surface area contributed by atoms with Gasteiger partial charge in [0.2, 0.25) is 5.91 Å². The first-order valence-electron chi connectivity index (χ1n) is 8.41. The van der Waals surface area contributed by atoms with Crippen molar-refractivity contribution in [2.24, 2.45) is 0 Å². The molecule has 5 heteroatoms. The predicted molar refractivity (Wildman–Crippen MR) is 90.4 cm³/mol. The minimum atomic E-state index is -0.146. The molecular formula is C18H26N4O. The molecule has 1 saturated heterocycles. The van der Waals surface area contributed by atoms with Gasteiger partial charge in [-0.15, -0.1) is 0 Å². The van der Waals surface area contributed by atoms with E-state index in [1.165, 1.54) is 0 Å². The van der Waals surface area contributed by atoms with Gasteiger partial charge in [-0.1, -0.05) is 0 Å². The van der Waals surface area contributed by atoms with Crippen molar-refractivity contribution in [1.82, 2.24) is 19.0 Å². The molecule has 0 aromatic carbocycles. The smallest absolute Gasteiger partial charge is 0.245 e. The second-order valence-electron chi connectivity index (χ2n) is 6.62. The van der Waals surface area contributed by atoms with Gasteiger partial charge in [0, 0.05) is 36.9 Å². The van der Waals surface area contributed by atoms with Crippen molar-refractivity contribution in [2.75, 3.05) is 13.1 Å². The third kappa shape index (κ3) is 2.92. The molecule has 1 amide bonds. The SMILES string of the molecule is Cc1nccn1[C@@H]1CCCN(C(=O)[C@@H](C)n2c(C)ccc2C)C1. The standard InChI is InChI=1S/C18H26N4O/c1-13-7-8-14(2)22(13)15(3)18(23)20-10-5-6-17(12-20)21-11-9-19-16(21)4/h7-9,11,15,17H,5-6,10,12H2,1-4H3/t15-,17-/m1/s1. The number of amides is 1. The second-order valence-corrected chi connectivity index (χ2v) is 6.62. The first-order valence-corrected chi connectivity index (χ1v) is 8.41. The van der Waals surface area contributed by atoms with Gasteiger partial charge >= 0.3 is 0 Å². The Kier molecular flexibility index (Phi) is 4.28. The molecule has 1 fully saturated rings. The maximum Gasteiger partial charge on any atom is 0.245 e. The van der Waals surface area contributed by atoms with Crippen LogP contribution in [0.15, 0.2) is 24.5 Å². The maximum absolute atomic E-state index is 13.0. The topological polar surface area (TPSA) is 43.1 Å². The Bertz CT molecular complexity index is 680. The molecule has 1 aliphatic rings. The van der Waals surface area contributed by atoms with Crippen LogP contribution in [0.5, 0.6) is 0 Å². The van der Waals surface area contributed by atoms with Gasteiger partial charge < -0.3 is 14.0 Å². The molecule has 124 valence electrons. The largest absolute Gasteiger partial charge is 0.339 e. The average Bonchev–Trinajstić information content (AvgIpc) is 3.12. The van der Waals surface area contributed by atoms with Crippen LogP contribution in [0.25, 0.3) is 0 Å². The number of carbonyl (C=O) groups excluding carboxylic acids is 1. The maximum atomic E-state index is 13.0. The second kappa shape index (κ2) is 6.22. The van der Waals surface area contributed by atoms with E-state index < -0.39 is 0 Å². The van der Waals surface area contributed by atoms with Crippen LogP contribution in [0.2, 0.25) is 0 Å². The first kappa shape index (κ1) is 15.8. The third-order valence-electron chi connectivity index (χ3n) is 5.03. The van der Waals surface area contributed by atoms with Crippen molar-refractivity contribution in [1.29, 1.82) is 0 Å². The molecule has 1 aliphatic heterocycles. The van der Waals surface area contributed by atoms with Gasteiger partial charge in [0.1, 0.15) is 11.9 Å². The summed E-state index contributed by atoms with van der Waals surface area (Å²) in [5, 5.41) is 0. The lowest BCUT2D eigenvalue weighted by molar-refractivity contribution is -0.136. The number of imidazole rings is 1. The highest BCUT2D eigenvalue weighted by Crippen LogP contribution is 2.25. The zero-order chi connectivity index (χ0) is 16.6. The normalized spacial score (nSPS) is 19.8. The quantitative estimate of drug-likeness (QED) is 0.874. The molecular weight excluding hydrogens is 288 g/mol. The number of hydrogen-bond donors (Lipinski definition) is 0. The van der Waals surface area contributed by atoms with Crippen molar-refractivity contribution >= 4 is 5.91 Å². The molecule has 23 heavy (non-hydrogen) atoms. The van der Waals surface area contributed by atoms with Gasteiger partial charge in [-0.2, -0.15) is 0 Å². The fourth-order valence-electron chi connectivity index (χ4n) is 3.82. The summed E-state index contributed by atoms with van der Waals surface area (Å²) in [5.41, 5.74) is 2.28. The molecule has 2 atom stereocenters. The van der Waals surface area contributed by atoms with Crippen molar-refractivity contribution in [2.45, 2.75) is 52.6 Å². The zero-order valence-electron chi connectivity index (χ0n) is 14.5. The van der Waals surface area contributed by atoms with Crippen LogP contribution in [0.1, 0.15) is 49.1 Å². The minimum absolute atomic E-state index is 0.146. The van der Waals surface area contributed by atoms with Gasteiger partial charge in [-0.05, 0) is 52.7 Å². The number of likely N-dealkylation sites (tertiary alicyclic amines) is 1. The van der Waals surface area contributed by atoms with E-state index in [9.17, 15) is 4.79 Å². The number of aryl methyl sites for hydroxylation is 3. The summed E-state index contributed by atoms with van der Waals surface area (Å²) in [5.74, 6) is 1.24. The minimum Gasteiger partial charge on any atom is -0.339 e. The van der Waals surface area contributed by atoms with Crippen molar-refractivity contribution in [3.63, 3.8) is 0 Å². The Morgan fingerprint density at radius 2 is 1.96 bits per heavy atom. The molecule has 3 rings (SSSR count). The number of nitrogens with zero attached hydrogens (tertiary/aromatic N) is 4. The van der Waals surface area contributed by atoms with Crippen LogP contribution in [0.3, 0.4) is 0 Å². The lowest BCUT2D eigenvalue weighted by atomic mass is 10.0. The Labute approximate surface area is 137 Å². The molecule has 3 heterocycles. The molecule has 0 bridgehead atoms. The Balaban J connectivity index is 1.76. The number of aromatic nitrogens is 3. The molecule has 0 aliphatic carbocycles. The molecule has 0 unspecified atom stereocenters. The third-order valence-corrected chi connectivity index (χ3v) is 5.03. The monoisotopic (exact) mass is 314 g/mol. The number of rotatable bonds is 3. The Morgan fingerprint density at radius 1 is 1.26 bits per heavy atom. The number of carbonyl (C=O) groups is 1. The van der Waals surface area contributed by atoms with E-state index in [-0.39, 0.29) is 11.9 Å². The van der Waals surface area contributed by atoms with Gasteiger partial charge in [0.05, 0.1) is 6.04 Å². The van der Waals surface area contributed by atoms with Gasteiger partial charge in [0.25, 0.3) is 0 Å². The summed E-state index contributed by atoms with van der Waals surface area (Å²) in [6, 6.07) is 4.35. The fourth-order valence-corrected chi connectivity index (χ4v) is 3.82. The summed E-state index contributed by atoms with van der Waals surface area (Å²) in [7, 11) is 0. The van der Waals surface area contributed by atoms with Gasteiger partial charge in [-0.25, -0.2) is 4.98 Å². The molecule has 0 N–H and O–H groups in total. The summed E-state index contributed by atoms with van der Waals surface area (Å²) in [6.45, 7) is 9.78. The van der Waals surface area contributed by atoms with E-state index in [2.05, 4.69) is 40.1 Å². The van der Waals surface area contributed by atoms with Crippen LogP contribution in [0, 0.1) is 20.8 Å². The van der Waals surface area contributed by atoms with E-state index >= 15 is 0 Å². The van der Waals surface area contributed by atoms with Crippen molar-refractivity contribution in [3.05, 3.63) is 41.7 Å². The summed E-state index contributed by atoms with van der Waals surface area (Å²) >= 11 is 0. The molecule has 0 radical (unpaired) electrons. The van der Waals surface area contributed by atoms with Gasteiger partial charge in [-0.3, -0.25) is 4.79 Å². The first-order chi connectivity index (χ1) is 11.0. The summed E-state index contributed by atoms with van der Waals surface area (Å²) in [6.07, 6.45) is 6.02. The summed E-state index contributed by atoms with van der Waals surface area (Å²) in [4.78, 5) is 19.3. The zero-order valence-corrected chi connectivity index (χ0v) is 14.5. The lowest BCUT2D eigenvalue weighted by Crippen LogP contribution is -2.43. The van der Waals surface area contributed by atoms with Crippen LogP contribution >= 0.6 is 0 Å². The van der Waals surface area contributed by atoms with Crippen LogP contribution in [-0.2, 0) is 4.79 Å². The molecule has 0 spiro atoms. The van der Waals surface area contributed by atoms with E-state index in [0.717, 1.165) is 43.1 Å². The average molecular weight is 314 g/mol. The van der Waals surface area contributed by atoms with E-state index in [1.807, 2.05) is 31.1 Å². The number of hydrogen-bond acceptors (Lipinski definition) is 2. The van der Waals surface area contributed by atoms with E-state index in [4.69, 9.17) is 0 Å². The molecule has 2 aromatic heterocycles. The van der Waals surface area contributed by atoms with Crippen molar-refractivity contribution in [3.8, 4) is 0 Å². The van der Waals surface area contributed by atoms with E-state index in [0.29, 0.717) is 6.04 Å². The Hall–Kier alpha value is -2.04. The Morgan fingerprint density at radius 3 is 2.57 bits per heavy atom. The van der Waals surface area contributed by atoms with Crippen LogP contribution < -0.4 is 0 Å². The van der Waals surface area contributed by atoms with E-state index in [1.54, 1.807) is 0 Å². The molecule has 5 nitrogen and oxygen atoms in total. The van der Waals surface area contributed by atoms with Gasteiger partial charge in [0.15, 0.2) is 0 Å². The number of piperidine rings is 1. The highest BCUT2D eigenvalue weighted by atomic mass is 16.2. The predicted octanol–water partition coefficient (Wildman–Crippen LogP) is 3.03. The van der Waals surface area contributed by atoms with Crippen molar-refractivity contribution < 1.29 is 4.79 Å². The van der Waals surface area contributed by atoms with Crippen LogP contribution in [-0.4, -0.2) is 38.0 Å². The molecule has 0 saturated carbocycles. The fraction of sp³-hybridized carbons (Fsp3) is 0.556.